The van der Waals surface area contributed by atoms with E-state index in [1.165, 1.54) is 12.1 Å². The molecule has 0 aliphatic carbocycles. The smallest absolute Gasteiger partial charge is 0.126 e. The van der Waals surface area contributed by atoms with E-state index in [0.717, 1.165) is 17.3 Å². The third kappa shape index (κ3) is 3.65. The van der Waals surface area contributed by atoms with E-state index >= 15 is 0 Å². The molecule has 3 heteroatoms. The van der Waals surface area contributed by atoms with Gasteiger partial charge in [0.2, 0.25) is 0 Å². The third-order valence-corrected chi connectivity index (χ3v) is 2.76. The highest BCUT2D eigenvalue weighted by Gasteiger charge is 1.98. The number of rotatable bonds is 3. The molecule has 0 saturated heterocycles. The van der Waals surface area contributed by atoms with Crippen LogP contribution in [-0.2, 0) is 0 Å². The molecule has 2 aromatic rings. The summed E-state index contributed by atoms with van der Waals surface area (Å²) in [6.07, 6.45) is 3.52. The molecule has 0 bridgehead atoms. The summed E-state index contributed by atoms with van der Waals surface area (Å²) in [5.74, 6) is -1.13. The summed E-state index contributed by atoms with van der Waals surface area (Å²) in [7, 11) is 3.95. The number of halogens is 2. The van der Waals surface area contributed by atoms with Crippen molar-refractivity contribution in [1.29, 1.82) is 0 Å². The lowest BCUT2D eigenvalue weighted by Crippen LogP contribution is -2.07. The molecule has 0 spiro atoms. The molecule has 2 aromatic carbocycles. The lowest BCUT2D eigenvalue weighted by molar-refractivity contribution is 0.583. The van der Waals surface area contributed by atoms with Gasteiger partial charge >= 0.3 is 0 Å². The topological polar surface area (TPSA) is 3.24 Å². The average molecular weight is 259 g/mol. The van der Waals surface area contributed by atoms with Gasteiger partial charge in [-0.3, -0.25) is 0 Å². The van der Waals surface area contributed by atoms with E-state index < -0.39 is 11.6 Å². The first kappa shape index (κ1) is 13.3. The Balaban J connectivity index is 2.17. The van der Waals surface area contributed by atoms with Crippen LogP contribution in [0.2, 0.25) is 0 Å². The second kappa shape index (κ2) is 5.65. The largest absolute Gasteiger partial charge is 0.378 e. The molecule has 0 radical (unpaired) electrons. The number of hydrogen-bond donors (Lipinski definition) is 0. The molecule has 1 nitrogen and oxygen atoms in total. The Morgan fingerprint density at radius 3 is 1.84 bits per heavy atom. The molecule has 0 heterocycles. The van der Waals surface area contributed by atoms with Crippen LogP contribution < -0.4 is 4.90 Å². The maximum Gasteiger partial charge on any atom is 0.126 e. The van der Waals surface area contributed by atoms with Gasteiger partial charge in [-0.2, -0.15) is 0 Å². The van der Waals surface area contributed by atoms with Crippen LogP contribution in [-0.4, -0.2) is 14.1 Å². The van der Waals surface area contributed by atoms with Crippen LogP contribution in [0.25, 0.3) is 12.2 Å². The Morgan fingerprint density at radius 2 is 1.32 bits per heavy atom. The van der Waals surface area contributed by atoms with Gasteiger partial charge in [-0.25, -0.2) is 8.78 Å². The Labute approximate surface area is 111 Å². The van der Waals surface area contributed by atoms with Crippen molar-refractivity contribution < 1.29 is 8.78 Å². The Hall–Kier alpha value is -2.16. The van der Waals surface area contributed by atoms with Crippen LogP contribution in [0.5, 0.6) is 0 Å². The van der Waals surface area contributed by atoms with Crippen molar-refractivity contribution in [2.24, 2.45) is 0 Å². The lowest BCUT2D eigenvalue weighted by atomic mass is 10.1. The average Bonchev–Trinajstić information content (AvgIpc) is 2.36. The molecular formula is C16H15F2N. The zero-order valence-corrected chi connectivity index (χ0v) is 10.9. The monoisotopic (exact) mass is 259 g/mol. The fourth-order valence-corrected chi connectivity index (χ4v) is 1.75. The minimum atomic E-state index is -0.567. The van der Waals surface area contributed by atoms with Gasteiger partial charge in [0.05, 0.1) is 0 Å². The molecule has 0 aliphatic rings. The molecule has 19 heavy (non-hydrogen) atoms. The molecule has 0 saturated carbocycles. The van der Waals surface area contributed by atoms with Crippen LogP contribution in [0.4, 0.5) is 14.5 Å². The quantitative estimate of drug-likeness (QED) is 0.747. The number of anilines is 1. The van der Waals surface area contributed by atoms with Gasteiger partial charge in [-0.05, 0) is 35.4 Å². The van der Waals surface area contributed by atoms with E-state index in [2.05, 4.69) is 0 Å². The molecule has 0 N–H and O–H groups in total. The van der Waals surface area contributed by atoms with Crippen molar-refractivity contribution in [1.82, 2.24) is 0 Å². The summed E-state index contributed by atoms with van der Waals surface area (Å²) in [5, 5.41) is 0. The van der Waals surface area contributed by atoms with E-state index in [4.69, 9.17) is 0 Å². The van der Waals surface area contributed by atoms with Gasteiger partial charge in [0, 0.05) is 25.8 Å². The predicted octanol–water partition coefficient (Wildman–Crippen LogP) is 4.20. The third-order valence-electron chi connectivity index (χ3n) is 2.76. The summed E-state index contributed by atoms with van der Waals surface area (Å²) in [4.78, 5) is 2.01. The van der Waals surface area contributed by atoms with E-state index in [-0.39, 0.29) is 0 Å². The first-order chi connectivity index (χ1) is 9.04. The van der Waals surface area contributed by atoms with Crippen molar-refractivity contribution >= 4 is 17.8 Å². The Bertz CT molecular complexity index is 566. The van der Waals surface area contributed by atoms with Crippen LogP contribution >= 0.6 is 0 Å². The van der Waals surface area contributed by atoms with E-state index in [0.29, 0.717) is 5.56 Å². The summed E-state index contributed by atoms with van der Waals surface area (Å²) in [6.45, 7) is 0. The first-order valence-corrected chi connectivity index (χ1v) is 5.96. The van der Waals surface area contributed by atoms with Crippen molar-refractivity contribution in [3.63, 3.8) is 0 Å². The SMILES string of the molecule is CN(C)c1ccc(/C=C/c2cc(F)cc(F)c2)cc1. The first-order valence-electron chi connectivity index (χ1n) is 5.96. The highest BCUT2D eigenvalue weighted by molar-refractivity contribution is 5.70. The lowest BCUT2D eigenvalue weighted by Gasteiger charge is -2.11. The Kier molecular flexibility index (Phi) is 3.95. The fourth-order valence-electron chi connectivity index (χ4n) is 1.75. The van der Waals surface area contributed by atoms with Crippen LogP contribution in [0.15, 0.2) is 42.5 Å². The van der Waals surface area contributed by atoms with E-state index in [1.54, 1.807) is 6.08 Å². The molecule has 0 aromatic heterocycles. The molecule has 0 fully saturated rings. The van der Waals surface area contributed by atoms with Crippen LogP contribution in [0.1, 0.15) is 11.1 Å². The maximum atomic E-state index is 13.0. The van der Waals surface area contributed by atoms with Crippen molar-refractivity contribution in [2.45, 2.75) is 0 Å². The number of nitrogens with zero attached hydrogens (tertiary/aromatic N) is 1. The molecule has 0 unspecified atom stereocenters. The second-order valence-electron chi connectivity index (χ2n) is 4.52. The van der Waals surface area contributed by atoms with Gasteiger partial charge in [-0.1, -0.05) is 24.3 Å². The summed E-state index contributed by atoms with van der Waals surface area (Å²) < 4.78 is 26.0. The minimum absolute atomic E-state index is 0.509. The van der Waals surface area contributed by atoms with Crippen molar-refractivity contribution in [2.75, 3.05) is 19.0 Å². The number of benzene rings is 2. The highest BCUT2D eigenvalue weighted by atomic mass is 19.1. The minimum Gasteiger partial charge on any atom is -0.378 e. The standard InChI is InChI=1S/C16H15F2N/c1-19(2)16-7-5-12(6-8-16)3-4-13-9-14(17)11-15(18)10-13/h3-11H,1-2H3/b4-3+. The highest BCUT2D eigenvalue weighted by Crippen LogP contribution is 2.15. The van der Waals surface area contributed by atoms with Crippen molar-refractivity contribution in [3.8, 4) is 0 Å². The van der Waals surface area contributed by atoms with Gasteiger partial charge in [0.1, 0.15) is 11.6 Å². The zero-order valence-electron chi connectivity index (χ0n) is 10.9. The van der Waals surface area contributed by atoms with Gasteiger partial charge < -0.3 is 4.90 Å². The predicted molar refractivity (Wildman–Crippen MR) is 76.1 cm³/mol. The van der Waals surface area contributed by atoms with Crippen LogP contribution in [0, 0.1) is 11.6 Å². The molecule has 0 atom stereocenters. The fraction of sp³-hybridized carbons (Fsp3) is 0.125. The molecule has 2 rings (SSSR count). The van der Waals surface area contributed by atoms with E-state index in [1.807, 2.05) is 49.3 Å². The summed E-state index contributed by atoms with van der Waals surface area (Å²) in [6, 6.07) is 11.4. The normalized spacial score (nSPS) is 10.9. The zero-order chi connectivity index (χ0) is 13.8. The molecule has 0 amide bonds. The number of hydrogen-bond acceptors (Lipinski definition) is 1. The van der Waals surface area contributed by atoms with Gasteiger partial charge in [0.25, 0.3) is 0 Å². The van der Waals surface area contributed by atoms with Crippen molar-refractivity contribution in [3.05, 3.63) is 65.2 Å². The molecular weight excluding hydrogens is 244 g/mol. The maximum absolute atomic E-state index is 13.0. The molecule has 0 aliphatic heterocycles. The van der Waals surface area contributed by atoms with Crippen LogP contribution in [0.3, 0.4) is 0 Å². The summed E-state index contributed by atoms with van der Waals surface area (Å²) >= 11 is 0. The van der Waals surface area contributed by atoms with E-state index in [9.17, 15) is 8.78 Å². The van der Waals surface area contributed by atoms with Gasteiger partial charge in [0.15, 0.2) is 0 Å². The molecule has 98 valence electrons. The Morgan fingerprint density at radius 1 is 0.789 bits per heavy atom. The second-order valence-corrected chi connectivity index (χ2v) is 4.52. The summed E-state index contributed by atoms with van der Waals surface area (Å²) in [5.41, 5.74) is 2.60. The van der Waals surface area contributed by atoms with Gasteiger partial charge in [-0.15, -0.1) is 0 Å².